The van der Waals surface area contributed by atoms with E-state index in [1.165, 1.54) is 35.3 Å². The molecule has 1 aromatic heterocycles. The normalized spacial score (nSPS) is 14.1. The number of anilines is 1. The van der Waals surface area contributed by atoms with E-state index in [1.807, 2.05) is 49.4 Å². The summed E-state index contributed by atoms with van der Waals surface area (Å²) in [5, 5.41) is 5.51. The zero-order valence-corrected chi connectivity index (χ0v) is 17.4. The average Bonchev–Trinajstić information content (AvgIpc) is 3.40. The molecule has 0 saturated carbocycles. The van der Waals surface area contributed by atoms with Gasteiger partial charge in [-0.25, -0.2) is 4.98 Å². The van der Waals surface area contributed by atoms with Crippen molar-refractivity contribution >= 4 is 22.9 Å². The minimum atomic E-state index is -0.193. The zero-order chi connectivity index (χ0) is 20.1. The van der Waals surface area contributed by atoms with Crippen LogP contribution < -0.4 is 10.1 Å². The Bertz CT molecular complexity index is 962. The summed E-state index contributed by atoms with van der Waals surface area (Å²) in [7, 11) is 0. The topological polar surface area (TPSA) is 54.5 Å². The van der Waals surface area contributed by atoms with Gasteiger partial charge in [0.2, 0.25) is 0 Å². The maximum absolute atomic E-state index is 12.6. The van der Waals surface area contributed by atoms with Crippen LogP contribution in [0.3, 0.4) is 0 Å². The predicted molar refractivity (Wildman–Crippen MR) is 117 cm³/mol. The van der Waals surface area contributed by atoms with Crippen molar-refractivity contribution in [3.8, 4) is 5.75 Å². The summed E-state index contributed by atoms with van der Waals surface area (Å²) in [5.74, 6) is 0.604. The van der Waals surface area contributed by atoms with Gasteiger partial charge < -0.3 is 10.1 Å². The fraction of sp³-hybridized carbons (Fsp3) is 0.304. The van der Waals surface area contributed by atoms with Gasteiger partial charge in [0.05, 0.1) is 0 Å². The summed E-state index contributed by atoms with van der Waals surface area (Å²) in [6.07, 6.45) is 2.55. The smallest absolute Gasteiger partial charge is 0.275 e. The molecule has 5 nitrogen and oxygen atoms in total. The van der Waals surface area contributed by atoms with Crippen LogP contribution in [0.15, 0.2) is 53.9 Å². The zero-order valence-electron chi connectivity index (χ0n) is 16.6. The number of benzene rings is 2. The van der Waals surface area contributed by atoms with Gasteiger partial charge in [0.25, 0.3) is 5.91 Å². The first kappa shape index (κ1) is 19.6. The molecule has 0 radical (unpaired) electrons. The van der Waals surface area contributed by atoms with Gasteiger partial charge in [-0.3, -0.25) is 9.69 Å². The maximum Gasteiger partial charge on any atom is 0.275 e. The molecule has 3 aromatic rings. The summed E-state index contributed by atoms with van der Waals surface area (Å²) >= 11 is 1.43. The van der Waals surface area contributed by atoms with Crippen molar-refractivity contribution in [2.45, 2.75) is 32.9 Å². The Hall–Kier alpha value is -2.70. The van der Waals surface area contributed by atoms with Crippen LogP contribution in [0.5, 0.6) is 5.75 Å². The van der Waals surface area contributed by atoms with E-state index in [2.05, 4.69) is 21.3 Å². The van der Waals surface area contributed by atoms with Gasteiger partial charge in [-0.05, 0) is 62.7 Å². The summed E-state index contributed by atoms with van der Waals surface area (Å²) in [5.41, 5.74) is 3.63. The lowest BCUT2D eigenvalue weighted by molar-refractivity contribution is 0.102. The number of hydrogen-bond acceptors (Lipinski definition) is 5. The number of carbonyl (C=O) groups excluding carboxylic acids is 1. The molecule has 2 heterocycles. The molecular formula is C23H25N3O2S. The Morgan fingerprint density at radius 2 is 1.97 bits per heavy atom. The first-order chi connectivity index (χ1) is 14.2. The number of nitrogens with zero attached hydrogens (tertiary/aromatic N) is 2. The van der Waals surface area contributed by atoms with Crippen molar-refractivity contribution in [3.05, 3.63) is 75.7 Å². The third-order valence-corrected chi connectivity index (χ3v) is 5.78. The van der Waals surface area contributed by atoms with Gasteiger partial charge in [0.15, 0.2) is 0 Å². The highest BCUT2D eigenvalue weighted by Crippen LogP contribution is 2.19. The Morgan fingerprint density at radius 1 is 1.17 bits per heavy atom. The van der Waals surface area contributed by atoms with E-state index in [0.717, 1.165) is 36.1 Å². The Kier molecular flexibility index (Phi) is 6.22. The van der Waals surface area contributed by atoms with Gasteiger partial charge >= 0.3 is 0 Å². The van der Waals surface area contributed by atoms with Gasteiger partial charge in [0, 0.05) is 17.6 Å². The molecule has 1 amide bonds. The van der Waals surface area contributed by atoms with Gasteiger partial charge in [-0.1, -0.05) is 29.8 Å². The molecule has 1 aliphatic rings. The van der Waals surface area contributed by atoms with Crippen LogP contribution in [-0.4, -0.2) is 28.9 Å². The minimum Gasteiger partial charge on any atom is -0.486 e. The summed E-state index contributed by atoms with van der Waals surface area (Å²) in [6.45, 7) is 5.64. The molecule has 6 heteroatoms. The van der Waals surface area contributed by atoms with Crippen LogP contribution in [0.2, 0.25) is 0 Å². The lowest BCUT2D eigenvalue weighted by Crippen LogP contribution is -2.18. The number of ether oxygens (including phenoxy) is 1. The van der Waals surface area contributed by atoms with E-state index >= 15 is 0 Å². The second-order valence-corrected chi connectivity index (χ2v) is 8.31. The van der Waals surface area contributed by atoms with Crippen LogP contribution in [0, 0.1) is 6.92 Å². The number of likely N-dealkylation sites (tertiary alicyclic amines) is 1. The summed E-state index contributed by atoms with van der Waals surface area (Å²) in [4.78, 5) is 19.4. The Balaban J connectivity index is 1.33. The molecule has 29 heavy (non-hydrogen) atoms. The molecule has 0 unspecified atom stereocenters. The lowest BCUT2D eigenvalue weighted by Gasteiger charge is -2.15. The number of hydrogen-bond donors (Lipinski definition) is 1. The van der Waals surface area contributed by atoms with E-state index in [4.69, 9.17) is 4.74 Å². The predicted octanol–water partition coefficient (Wildman–Crippen LogP) is 4.88. The molecule has 0 bridgehead atoms. The van der Waals surface area contributed by atoms with Crippen molar-refractivity contribution in [3.63, 3.8) is 0 Å². The number of carbonyl (C=O) groups is 1. The molecule has 0 atom stereocenters. The van der Waals surface area contributed by atoms with Crippen molar-refractivity contribution in [1.29, 1.82) is 0 Å². The highest BCUT2D eigenvalue weighted by Gasteiger charge is 2.14. The van der Waals surface area contributed by atoms with Crippen molar-refractivity contribution in [2.24, 2.45) is 0 Å². The quantitative estimate of drug-likeness (QED) is 0.607. The molecular weight excluding hydrogens is 382 g/mol. The van der Waals surface area contributed by atoms with E-state index in [-0.39, 0.29) is 5.91 Å². The monoisotopic (exact) mass is 407 g/mol. The maximum atomic E-state index is 12.6. The van der Waals surface area contributed by atoms with Crippen LogP contribution in [0.25, 0.3) is 0 Å². The highest BCUT2D eigenvalue weighted by atomic mass is 32.1. The van der Waals surface area contributed by atoms with Crippen LogP contribution in [-0.2, 0) is 13.2 Å². The number of aryl methyl sites for hydroxylation is 1. The third kappa shape index (κ3) is 5.43. The molecule has 150 valence electrons. The summed E-state index contributed by atoms with van der Waals surface area (Å²) in [6, 6.07) is 15.9. The third-order valence-electron chi connectivity index (χ3n) is 4.96. The SMILES string of the molecule is Cc1ccc(OCc2nc(C(=O)Nc3cccc(CN4CCCC4)c3)cs2)cc1. The van der Waals surface area contributed by atoms with Crippen LogP contribution >= 0.6 is 11.3 Å². The molecule has 1 saturated heterocycles. The van der Waals surface area contributed by atoms with Crippen molar-refractivity contribution in [1.82, 2.24) is 9.88 Å². The van der Waals surface area contributed by atoms with Gasteiger partial charge in [0.1, 0.15) is 23.1 Å². The molecule has 2 aromatic carbocycles. The molecule has 1 aliphatic heterocycles. The van der Waals surface area contributed by atoms with Gasteiger partial charge in [-0.2, -0.15) is 0 Å². The second-order valence-electron chi connectivity index (χ2n) is 7.37. The number of amides is 1. The Morgan fingerprint density at radius 3 is 2.76 bits per heavy atom. The first-order valence-corrected chi connectivity index (χ1v) is 10.8. The number of nitrogens with one attached hydrogen (secondary N) is 1. The van der Waals surface area contributed by atoms with E-state index in [9.17, 15) is 4.79 Å². The molecule has 0 spiro atoms. The first-order valence-electron chi connectivity index (χ1n) is 9.92. The number of rotatable bonds is 7. The fourth-order valence-electron chi connectivity index (χ4n) is 3.40. The highest BCUT2D eigenvalue weighted by molar-refractivity contribution is 7.09. The fourth-order valence-corrected chi connectivity index (χ4v) is 4.09. The number of thiazole rings is 1. The Labute approximate surface area is 175 Å². The van der Waals surface area contributed by atoms with Crippen LogP contribution in [0.1, 0.15) is 39.5 Å². The van der Waals surface area contributed by atoms with E-state index in [1.54, 1.807) is 5.38 Å². The number of aromatic nitrogens is 1. The summed E-state index contributed by atoms with van der Waals surface area (Å²) < 4.78 is 5.75. The largest absolute Gasteiger partial charge is 0.486 e. The van der Waals surface area contributed by atoms with Crippen molar-refractivity contribution < 1.29 is 9.53 Å². The standard InChI is InChI=1S/C23H25N3O2S/c1-17-7-9-20(10-8-17)28-15-22-25-21(16-29-22)23(27)24-19-6-4-5-18(13-19)14-26-11-2-3-12-26/h4-10,13,16H,2-3,11-12,14-15H2,1H3,(H,24,27). The molecule has 1 N–H and O–H groups in total. The lowest BCUT2D eigenvalue weighted by atomic mass is 10.2. The minimum absolute atomic E-state index is 0.193. The van der Waals surface area contributed by atoms with E-state index in [0.29, 0.717) is 12.3 Å². The molecule has 4 rings (SSSR count). The van der Waals surface area contributed by atoms with E-state index < -0.39 is 0 Å². The van der Waals surface area contributed by atoms with Crippen molar-refractivity contribution in [2.75, 3.05) is 18.4 Å². The molecule has 0 aliphatic carbocycles. The van der Waals surface area contributed by atoms with Gasteiger partial charge in [-0.15, -0.1) is 11.3 Å². The molecule has 1 fully saturated rings. The van der Waals surface area contributed by atoms with Crippen LogP contribution in [0.4, 0.5) is 5.69 Å². The average molecular weight is 408 g/mol. The second kappa shape index (κ2) is 9.20.